The molecular formula is C9H21AlO3-. The predicted molar refractivity (Wildman–Crippen MR) is 54.4 cm³/mol. The van der Waals surface area contributed by atoms with Crippen LogP contribution in [0.15, 0.2) is 0 Å². The van der Waals surface area contributed by atoms with Crippen LogP contribution >= 0.6 is 0 Å². The van der Waals surface area contributed by atoms with Crippen LogP contribution in [0.5, 0.6) is 0 Å². The Labute approximate surface area is 86.8 Å². The van der Waals surface area contributed by atoms with Crippen LogP contribution in [0.1, 0.15) is 41.5 Å². The monoisotopic (exact) mass is 204 g/mol. The van der Waals surface area contributed by atoms with Crippen molar-refractivity contribution in [3.05, 3.63) is 0 Å². The van der Waals surface area contributed by atoms with Crippen LogP contribution in [0, 0.1) is 0 Å². The lowest BCUT2D eigenvalue weighted by molar-refractivity contribution is 0.0335. The second-order valence-corrected chi connectivity index (χ2v) is 5.24. The van der Waals surface area contributed by atoms with E-state index in [4.69, 9.17) is 11.4 Å². The Morgan fingerprint density at radius 2 is 0.846 bits per heavy atom. The second-order valence-electron chi connectivity index (χ2n) is 3.84. The van der Waals surface area contributed by atoms with Crippen molar-refractivity contribution in [3.63, 3.8) is 0 Å². The summed E-state index contributed by atoms with van der Waals surface area (Å²) in [6.07, 6.45) is 0.525. The molecule has 0 aliphatic carbocycles. The lowest BCUT2D eigenvalue weighted by Gasteiger charge is -2.34. The first kappa shape index (κ1) is 13.4. The van der Waals surface area contributed by atoms with Crippen molar-refractivity contribution < 1.29 is 11.4 Å². The van der Waals surface area contributed by atoms with Crippen molar-refractivity contribution in [1.82, 2.24) is 0 Å². The maximum Gasteiger partial charge on any atom is 0.559 e. The number of hydrogen-bond acceptors (Lipinski definition) is 3. The third kappa shape index (κ3) is 8.73. The van der Waals surface area contributed by atoms with E-state index >= 15 is 0 Å². The highest BCUT2D eigenvalue weighted by Crippen LogP contribution is 2.04. The average Bonchev–Trinajstić information content (AvgIpc) is 1.80. The fraction of sp³-hybridized carbons (Fsp3) is 1.00. The van der Waals surface area contributed by atoms with E-state index in [2.05, 4.69) is 0 Å². The van der Waals surface area contributed by atoms with Crippen LogP contribution < -0.4 is 0 Å². The van der Waals surface area contributed by atoms with Crippen molar-refractivity contribution in [2.24, 2.45) is 0 Å². The summed E-state index contributed by atoms with van der Waals surface area (Å²) in [7, 11) is 0. The van der Waals surface area contributed by atoms with E-state index in [0.29, 0.717) is 0 Å². The van der Waals surface area contributed by atoms with Gasteiger partial charge in [-0.2, -0.15) is 0 Å². The molecule has 0 fully saturated rings. The molecule has 0 saturated carbocycles. The molecule has 0 atom stereocenters. The van der Waals surface area contributed by atoms with E-state index in [0.717, 1.165) is 0 Å². The highest BCUT2D eigenvalue weighted by Gasteiger charge is 2.13. The van der Waals surface area contributed by atoms with Gasteiger partial charge in [-0.1, -0.05) is 0 Å². The number of rotatable bonds is 6. The van der Waals surface area contributed by atoms with Crippen LogP contribution in [0.25, 0.3) is 0 Å². The molecule has 0 aliphatic rings. The van der Waals surface area contributed by atoms with E-state index in [1.807, 2.05) is 41.5 Å². The molecule has 0 heterocycles. The summed E-state index contributed by atoms with van der Waals surface area (Å²) in [5.74, 6) is 0. The number of hydrogen-bond donors (Lipinski definition) is 0. The Morgan fingerprint density at radius 3 is 1.00 bits per heavy atom. The summed E-state index contributed by atoms with van der Waals surface area (Å²) < 4.78 is 16.7. The highest BCUT2D eigenvalue weighted by atomic mass is 27.3. The van der Waals surface area contributed by atoms with E-state index in [1.54, 1.807) is 0 Å². The van der Waals surface area contributed by atoms with E-state index in [1.165, 1.54) is 0 Å². The summed E-state index contributed by atoms with van der Waals surface area (Å²) >= 11 is -1.91. The molecule has 0 aromatic heterocycles. The van der Waals surface area contributed by atoms with Gasteiger partial charge in [-0.15, -0.1) is 0 Å². The SMILES string of the molecule is CC(C)[O][Al-]([O]C(C)C)[O]C(C)C. The van der Waals surface area contributed by atoms with Crippen LogP contribution in [-0.2, 0) is 11.4 Å². The van der Waals surface area contributed by atoms with Gasteiger partial charge in [0, 0.05) is 0 Å². The molecule has 0 saturated heterocycles. The van der Waals surface area contributed by atoms with Gasteiger partial charge < -0.3 is 11.4 Å². The third-order valence-electron chi connectivity index (χ3n) is 1.15. The minimum absolute atomic E-state index is 0.175. The molecule has 13 heavy (non-hydrogen) atoms. The predicted octanol–water partition coefficient (Wildman–Crippen LogP) is 2.25. The molecule has 1 radical (unpaired) electrons. The smallest absolute Gasteiger partial charge is 0.559 e. The summed E-state index contributed by atoms with van der Waals surface area (Å²) in [6.45, 7) is 12.0. The molecule has 0 aromatic rings. The van der Waals surface area contributed by atoms with Crippen LogP contribution in [0.4, 0.5) is 0 Å². The molecule has 79 valence electrons. The Hall–Kier alpha value is 0.412. The molecule has 0 N–H and O–H groups in total. The van der Waals surface area contributed by atoms with Gasteiger partial charge in [0.25, 0.3) is 0 Å². The standard InChI is InChI=1S/3C3H7O.Al/c3*1-3(2)4;/h3*3H,1-2H3;/q3*-1;+2. The topological polar surface area (TPSA) is 27.7 Å². The van der Waals surface area contributed by atoms with Gasteiger partial charge in [-0.05, 0) is 59.9 Å². The summed E-state index contributed by atoms with van der Waals surface area (Å²) in [5, 5.41) is 0. The summed E-state index contributed by atoms with van der Waals surface area (Å²) in [6, 6.07) is 0. The van der Waals surface area contributed by atoms with Crippen molar-refractivity contribution >= 4 is 15.1 Å². The maximum absolute atomic E-state index is 5.57. The molecule has 0 spiro atoms. The van der Waals surface area contributed by atoms with Gasteiger partial charge >= 0.3 is 15.1 Å². The van der Waals surface area contributed by atoms with Crippen molar-refractivity contribution in [3.8, 4) is 0 Å². The van der Waals surface area contributed by atoms with Crippen molar-refractivity contribution in [2.45, 2.75) is 59.9 Å². The van der Waals surface area contributed by atoms with Crippen molar-refractivity contribution in [2.75, 3.05) is 0 Å². The van der Waals surface area contributed by atoms with Crippen LogP contribution in [0.2, 0.25) is 0 Å². The van der Waals surface area contributed by atoms with Crippen LogP contribution in [-0.4, -0.2) is 33.5 Å². The van der Waals surface area contributed by atoms with Gasteiger partial charge in [0.15, 0.2) is 0 Å². The van der Waals surface area contributed by atoms with E-state index < -0.39 is 15.1 Å². The van der Waals surface area contributed by atoms with E-state index in [-0.39, 0.29) is 18.3 Å². The Morgan fingerprint density at radius 1 is 0.615 bits per heavy atom. The van der Waals surface area contributed by atoms with Gasteiger partial charge in [0.2, 0.25) is 0 Å². The van der Waals surface area contributed by atoms with Gasteiger partial charge in [0.1, 0.15) is 0 Å². The average molecular weight is 204 g/mol. The molecular weight excluding hydrogens is 183 g/mol. The zero-order valence-corrected chi connectivity index (χ0v) is 10.7. The first-order valence-corrected chi connectivity index (χ1v) is 6.29. The lowest BCUT2D eigenvalue weighted by atomic mass is 10.5. The fourth-order valence-corrected chi connectivity index (χ4v) is 2.29. The largest absolute Gasteiger partial charge is 0.632 e. The first-order chi connectivity index (χ1) is 5.91. The fourth-order valence-electron chi connectivity index (χ4n) is 0.763. The van der Waals surface area contributed by atoms with Gasteiger partial charge in [-0.25, -0.2) is 0 Å². The highest BCUT2D eigenvalue weighted by molar-refractivity contribution is 6.36. The molecule has 0 unspecified atom stereocenters. The minimum atomic E-state index is -1.91. The normalized spacial score (nSPS) is 12.5. The first-order valence-electron chi connectivity index (χ1n) is 4.88. The molecule has 4 heteroatoms. The molecule has 0 aliphatic heterocycles. The molecule has 0 rings (SSSR count). The lowest BCUT2D eigenvalue weighted by Crippen LogP contribution is -2.34. The Bertz CT molecular complexity index is 102. The van der Waals surface area contributed by atoms with Crippen molar-refractivity contribution in [1.29, 1.82) is 0 Å². The maximum atomic E-state index is 5.57. The quantitative estimate of drug-likeness (QED) is 0.621. The zero-order valence-electron chi connectivity index (χ0n) is 9.53. The van der Waals surface area contributed by atoms with Crippen LogP contribution in [0.3, 0.4) is 0 Å². The molecule has 0 aromatic carbocycles. The minimum Gasteiger partial charge on any atom is -0.632 e. The summed E-state index contributed by atoms with van der Waals surface area (Å²) in [5.41, 5.74) is 0. The third-order valence-corrected chi connectivity index (χ3v) is 3.45. The Kier molecular flexibility index (Phi) is 7.02. The molecule has 0 bridgehead atoms. The Balaban J connectivity index is 3.87. The van der Waals surface area contributed by atoms with Gasteiger partial charge in [-0.3, -0.25) is 0 Å². The molecule has 0 amide bonds. The molecule has 3 nitrogen and oxygen atoms in total. The second kappa shape index (κ2) is 6.81. The van der Waals surface area contributed by atoms with E-state index in [9.17, 15) is 0 Å². The van der Waals surface area contributed by atoms with Gasteiger partial charge in [0.05, 0.1) is 0 Å². The summed E-state index contributed by atoms with van der Waals surface area (Å²) in [4.78, 5) is 0. The zero-order chi connectivity index (χ0) is 10.4.